The minimum Gasteiger partial charge on any atom is -0.348 e. The van der Waals surface area contributed by atoms with Crippen molar-refractivity contribution in [3.8, 4) is 11.3 Å². The molecule has 0 aliphatic carbocycles. The van der Waals surface area contributed by atoms with Crippen LogP contribution in [0.5, 0.6) is 0 Å². The van der Waals surface area contributed by atoms with E-state index >= 15 is 0 Å². The SMILES string of the molecule is O=C(NCc1cn(Cc2ccccc2)nc1-c1ccccc1)c1cccnc1. The Labute approximate surface area is 163 Å². The summed E-state index contributed by atoms with van der Waals surface area (Å²) in [6.07, 6.45) is 5.21. The Morgan fingerprint density at radius 2 is 1.68 bits per heavy atom. The van der Waals surface area contributed by atoms with Gasteiger partial charge in [-0.15, -0.1) is 0 Å². The van der Waals surface area contributed by atoms with Gasteiger partial charge < -0.3 is 5.32 Å². The second kappa shape index (κ2) is 8.31. The van der Waals surface area contributed by atoms with Crippen molar-refractivity contribution in [2.75, 3.05) is 0 Å². The second-order valence-corrected chi connectivity index (χ2v) is 6.48. The van der Waals surface area contributed by atoms with Crippen molar-refractivity contribution in [2.24, 2.45) is 0 Å². The predicted octanol–water partition coefficient (Wildman–Crippen LogP) is 3.92. The lowest BCUT2D eigenvalue weighted by Gasteiger charge is -2.05. The van der Waals surface area contributed by atoms with Crippen LogP contribution in [0.4, 0.5) is 0 Å². The number of carbonyl (C=O) groups excluding carboxylic acids is 1. The standard InChI is InChI=1S/C23H20N4O/c28-23(20-12-7-13-24-14-20)25-15-21-17-27(16-18-8-3-1-4-9-18)26-22(21)19-10-5-2-6-11-19/h1-14,17H,15-16H2,(H,25,28). The van der Waals surface area contributed by atoms with Gasteiger partial charge in [0.1, 0.15) is 0 Å². The Morgan fingerprint density at radius 3 is 2.39 bits per heavy atom. The molecule has 0 spiro atoms. The van der Waals surface area contributed by atoms with E-state index in [2.05, 4.69) is 22.4 Å². The molecule has 0 saturated carbocycles. The van der Waals surface area contributed by atoms with Crippen LogP contribution in [0.1, 0.15) is 21.5 Å². The smallest absolute Gasteiger partial charge is 0.253 e. The zero-order chi connectivity index (χ0) is 19.2. The highest BCUT2D eigenvalue weighted by atomic mass is 16.1. The van der Waals surface area contributed by atoms with Crippen LogP contribution in [0, 0.1) is 0 Å². The highest BCUT2D eigenvalue weighted by Crippen LogP contribution is 2.22. The van der Waals surface area contributed by atoms with Crippen molar-refractivity contribution >= 4 is 5.91 Å². The number of carbonyl (C=O) groups is 1. The third kappa shape index (κ3) is 4.15. The normalized spacial score (nSPS) is 10.6. The molecule has 1 N–H and O–H groups in total. The molecule has 2 heterocycles. The number of nitrogens with one attached hydrogen (secondary N) is 1. The molecule has 0 unspecified atom stereocenters. The molecule has 0 fully saturated rings. The minimum atomic E-state index is -0.150. The van der Waals surface area contributed by atoms with Gasteiger partial charge in [-0.2, -0.15) is 5.10 Å². The van der Waals surface area contributed by atoms with Crippen molar-refractivity contribution in [3.05, 3.63) is 108 Å². The molecule has 4 aromatic rings. The summed E-state index contributed by atoms with van der Waals surface area (Å²) in [5, 5.41) is 7.75. The van der Waals surface area contributed by atoms with Gasteiger partial charge in [-0.05, 0) is 17.7 Å². The number of benzene rings is 2. The summed E-state index contributed by atoms with van der Waals surface area (Å²) >= 11 is 0. The number of aromatic nitrogens is 3. The molecule has 0 aliphatic rings. The van der Waals surface area contributed by atoms with Crippen LogP contribution >= 0.6 is 0 Å². The largest absolute Gasteiger partial charge is 0.348 e. The first kappa shape index (κ1) is 17.7. The average molecular weight is 368 g/mol. The van der Waals surface area contributed by atoms with Crippen LogP contribution in [0.25, 0.3) is 11.3 Å². The Bertz CT molecular complexity index is 1040. The van der Waals surface area contributed by atoms with Crippen LogP contribution < -0.4 is 5.32 Å². The van der Waals surface area contributed by atoms with Gasteiger partial charge >= 0.3 is 0 Å². The van der Waals surface area contributed by atoms with Gasteiger partial charge in [0.15, 0.2) is 0 Å². The van der Waals surface area contributed by atoms with Crippen LogP contribution in [-0.2, 0) is 13.1 Å². The summed E-state index contributed by atoms with van der Waals surface area (Å²) in [5.74, 6) is -0.150. The molecular weight excluding hydrogens is 348 g/mol. The molecular formula is C23H20N4O. The van der Waals surface area contributed by atoms with Gasteiger partial charge in [-0.25, -0.2) is 0 Å². The summed E-state index contributed by atoms with van der Waals surface area (Å²) in [6.45, 7) is 1.07. The third-order valence-corrected chi connectivity index (χ3v) is 4.44. The fourth-order valence-electron chi connectivity index (χ4n) is 3.06. The fraction of sp³-hybridized carbons (Fsp3) is 0.0870. The minimum absolute atomic E-state index is 0.150. The van der Waals surface area contributed by atoms with Crippen LogP contribution in [-0.4, -0.2) is 20.7 Å². The van der Waals surface area contributed by atoms with E-state index in [1.807, 2.05) is 59.4 Å². The van der Waals surface area contributed by atoms with Gasteiger partial charge in [-0.3, -0.25) is 14.5 Å². The van der Waals surface area contributed by atoms with Gasteiger partial charge in [0, 0.05) is 36.3 Å². The van der Waals surface area contributed by atoms with Crippen molar-refractivity contribution < 1.29 is 4.79 Å². The monoisotopic (exact) mass is 368 g/mol. The van der Waals surface area contributed by atoms with E-state index in [4.69, 9.17) is 5.10 Å². The number of nitrogens with zero attached hydrogens (tertiary/aromatic N) is 3. The number of hydrogen-bond acceptors (Lipinski definition) is 3. The molecule has 1 amide bonds. The zero-order valence-electron chi connectivity index (χ0n) is 15.3. The van der Waals surface area contributed by atoms with E-state index in [1.54, 1.807) is 24.5 Å². The van der Waals surface area contributed by atoms with Gasteiger partial charge in [0.25, 0.3) is 5.91 Å². The average Bonchev–Trinajstić information content (AvgIpc) is 3.16. The molecule has 138 valence electrons. The lowest BCUT2D eigenvalue weighted by Crippen LogP contribution is -2.22. The first-order chi connectivity index (χ1) is 13.8. The molecule has 5 heteroatoms. The molecule has 0 radical (unpaired) electrons. The first-order valence-corrected chi connectivity index (χ1v) is 9.13. The number of pyridine rings is 1. The van der Waals surface area contributed by atoms with Crippen LogP contribution in [0.15, 0.2) is 91.4 Å². The van der Waals surface area contributed by atoms with Crippen LogP contribution in [0.2, 0.25) is 0 Å². The molecule has 0 bridgehead atoms. The Morgan fingerprint density at radius 1 is 0.929 bits per heavy atom. The quantitative estimate of drug-likeness (QED) is 0.561. The van der Waals surface area contributed by atoms with E-state index in [-0.39, 0.29) is 5.91 Å². The lowest BCUT2D eigenvalue weighted by molar-refractivity contribution is 0.0950. The number of rotatable bonds is 6. The Balaban J connectivity index is 1.58. The van der Waals surface area contributed by atoms with Crippen molar-refractivity contribution in [1.82, 2.24) is 20.1 Å². The summed E-state index contributed by atoms with van der Waals surface area (Å²) in [4.78, 5) is 16.4. The molecule has 0 atom stereocenters. The number of amides is 1. The maximum Gasteiger partial charge on any atom is 0.253 e. The highest BCUT2D eigenvalue weighted by Gasteiger charge is 2.13. The summed E-state index contributed by atoms with van der Waals surface area (Å²) in [6, 6.07) is 23.7. The first-order valence-electron chi connectivity index (χ1n) is 9.13. The predicted molar refractivity (Wildman–Crippen MR) is 109 cm³/mol. The van der Waals surface area contributed by atoms with Crippen molar-refractivity contribution in [3.63, 3.8) is 0 Å². The highest BCUT2D eigenvalue weighted by molar-refractivity contribution is 5.93. The summed E-state index contributed by atoms with van der Waals surface area (Å²) in [5.41, 5.74) is 4.60. The second-order valence-electron chi connectivity index (χ2n) is 6.48. The molecule has 4 rings (SSSR count). The van der Waals surface area contributed by atoms with Crippen molar-refractivity contribution in [2.45, 2.75) is 13.1 Å². The van der Waals surface area contributed by atoms with E-state index in [0.717, 1.165) is 16.8 Å². The Hall–Kier alpha value is -3.73. The van der Waals surface area contributed by atoms with E-state index in [9.17, 15) is 4.79 Å². The molecule has 0 aliphatic heterocycles. The van der Waals surface area contributed by atoms with Gasteiger partial charge in [0.05, 0.1) is 17.8 Å². The molecule has 2 aromatic heterocycles. The number of hydrogen-bond donors (Lipinski definition) is 1. The lowest BCUT2D eigenvalue weighted by atomic mass is 10.1. The summed E-state index contributed by atoms with van der Waals surface area (Å²) < 4.78 is 1.92. The maximum atomic E-state index is 12.4. The topological polar surface area (TPSA) is 59.8 Å². The third-order valence-electron chi connectivity index (χ3n) is 4.44. The fourth-order valence-corrected chi connectivity index (χ4v) is 3.06. The summed E-state index contributed by atoms with van der Waals surface area (Å²) in [7, 11) is 0. The van der Waals surface area contributed by atoms with Crippen LogP contribution in [0.3, 0.4) is 0 Å². The zero-order valence-corrected chi connectivity index (χ0v) is 15.3. The maximum absolute atomic E-state index is 12.4. The molecule has 5 nitrogen and oxygen atoms in total. The van der Waals surface area contributed by atoms with E-state index in [0.29, 0.717) is 18.7 Å². The Kier molecular flexibility index (Phi) is 5.24. The molecule has 2 aromatic carbocycles. The van der Waals surface area contributed by atoms with Gasteiger partial charge in [-0.1, -0.05) is 60.7 Å². The van der Waals surface area contributed by atoms with Crippen molar-refractivity contribution in [1.29, 1.82) is 0 Å². The molecule has 28 heavy (non-hydrogen) atoms. The van der Waals surface area contributed by atoms with E-state index in [1.165, 1.54) is 5.56 Å². The van der Waals surface area contributed by atoms with Gasteiger partial charge in [0.2, 0.25) is 0 Å². The molecule has 0 saturated heterocycles. The van der Waals surface area contributed by atoms with E-state index < -0.39 is 0 Å².